The largest absolute Gasteiger partial charge is 0.479 e. The Hall–Kier alpha value is -3.13. The van der Waals surface area contributed by atoms with E-state index in [0.29, 0.717) is 12.1 Å². The number of piperazine rings is 1. The lowest BCUT2D eigenvalue weighted by molar-refractivity contribution is -0.122. The van der Waals surface area contributed by atoms with Crippen molar-refractivity contribution in [1.29, 1.82) is 0 Å². The van der Waals surface area contributed by atoms with Crippen molar-refractivity contribution in [3.63, 3.8) is 0 Å². The monoisotopic (exact) mass is 409 g/mol. The fraction of sp³-hybridized carbons (Fsp3) is 0.409. The van der Waals surface area contributed by atoms with Gasteiger partial charge < -0.3 is 20.3 Å². The summed E-state index contributed by atoms with van der Waals surface area (Å²) in [7, 11) is 0. The summed E-state index contributed by atoms with van der Waals surface area (Å²) in [5, 5.41) is 5.69. The highest BCUT2D eigenvalue weighted by Crippen LogP contribution is 2.31. The summed E-state index contributed by atoms with van der Waals surface area (Å²) in [4.78, 5) is 32.8. The molecule has 0 saturated carbocycles. The van der Waals surface area contributed by atoms with Crippen molar-refractivity contribution in [3.8, 4) is 5.75 Å². The van der Waals surface area contributed by atoms with Gasteiger partial charge in [-0.15, -0.1) is 0 Å². The van der Waals surface area contributed by atoms with E-state index in [-0.39, 0.29) is 11.8 Å². The van der Waals surface area contributed by atoms with Crippen LogP contribution in [-0.4, -0.2) is 60.5 Å². The Morgan fingerprint density at radius 1 is 1.23 bits per heavy atom. The smallest absolute Gasteiger partial charge is 0.265 e. The van der Waals surface area contributed by atoms with Crippen LogP contribution in [0, 0.1) is 0 Å². The number of carbonyl (C=O) groups is 2. The van der Waals surface area contributed by atoms with E-state index in [1.807, 2.05) is 31.2 Å². The number of ether oxygens (including phenoxy) is 1. The molecule has 30 heavy (non-hydrogen) atoms. The van der Waals surface area contributed by atoms with Crippen LogP contribution in [0.5, 0.6) is 5.75 Å². The van der Waals surface area contributed by atoms with Gasteiger partial charge in [-0.25, -0.2) is 4.98 Å². The first kappa shape index (κ1) is 20.2. The molecule has 0 spiro atoms. The molecular formula is C22H27N5O3. The standard InChI is InChI=1S/C22H27N5O3/c1-3-23-22(29)17-5-7-20(24-13-17)27-10-8-26(9-11-27)14-16-4-6-19-18(12-16)25-21(28)15(2)30-19/h4-7,12-13,15H,3,8-11,14H2,1-2H3,(H,23,29)(H,25,28). The van der Waals surface area contributed by atoms with Crippen molar-refractivity contribution in [2.75, 3.05) is 42.9 Å². The van der Waals surface area contributed by atoms with E-state index in [1.54, 1.807) is 13.1 Å². The third-order valence-electron chi connectivity index (χ3n) is 5.42. The minimum Gasteiger partial charge on any atom is -0.479 e. The number of hydrogen-bond donors (Lipinski definition) is 2. The van der Waals surface area contributed by atoms with Gasteiger partial charge in [-0.05, 0) is 43.7 Å². The number of hydrogen-bond acceptors (Lipinski definition) is 6. The van der Waals surface area contributed by atoms with Gasteiger partial charge in [-0.1, -0.05) is 6.07 Å². The Kier molecular flexibility index (Phi) is 5.85. The summed E-state index contributed by atoms with van der Waals surface area (Å²) in [6.45, 7) is 8.63. The lowest BCUT2D eigenvalue weighted by Crippen LogP contribution is -2.46. The Bertz CT molecular complexity index is 923. The highest BCUT2D eigenvalue weighted by Gasteiger charge is 2.24. The number of nitrogens with one attached hydrogen (secondary N) is 2. The van der Waals surface area contributed by atoms with Crippen LogP contribution in [0.3, 0.4) is 0 Å². The minimum absolute atomic E-state index is 0.0949. The predicted octanol–water partition coefficient (Wildman–Crippen LogP) is 1.87. The topological polar surface area (TPSA) is 86.8 Å². The van der Waals surface area contributed by atoms with E-state index < -0.39 is 6.10 Å². The van der Waals surface area contributed by atoms with Crippen LogP contribution in [0.4, 0.5) is 11.5 Å². The molecule has 0 bridgehead atoms. The van der Waals surface area contributed by atoms with Crippen molar-refractivity contribution in [1.82, 2.24) is 15.2 Å². The van der Waals surface area contributed by atoms with Crippen molar-refractivity contribution >= 4 is 23.3 Å². The van der Waals surface area contributed by atoms with Gasteiger partial charge in [-0.2, -0.15) is 0 Å². The molecule has 2 aliphatic heterocycles. The molecular weight excluding hydrogens is 382 g/mol. The molecule has 2 N–H and O–H groups in total. The van der Waals surface area contributed by atoms with Crippen molar-refractivity contribution < 1.29 is 14.3 Å². The second kappa shape index (κ2) is 8.71. The summed E-state index contributed by atoms with van der Waals surface area (Å²) in [6, 6.07) is 9.71. The van der Waals surface area contributed by atoms with Gasteiger partial charge in [0, 0.05) is 45.5 Å². The number of nitrogens with zero attached hydrogens (tertiary/aromatic N) is 3. The molecule has 1 unspecified atom stereocenters. The Labute approximate surface area is 176 Å². The zero-order chi connectivity index (χ0) is 21.1. The maximum absolute atomic E-state index is 11.9. The van der Waals surface area contributed by atoms with E-state index in [1.165, 1.54) is 0 Å². The van der Waals surface area contributed by atoms with Crippen molar-refractivity contribution in [2.24, 2.45) is 0 Å². The molecule has 2 aliphatic rings. The molecule has 2 aromatic rings. The summed E-state index contributed by atoms with van der Waals surface area (Å²) >= 11 is 0. The lowest BCUT2D eigenvalue weighted by atomic mass is 10.1. The molecule has 1 saturated heterocycles. The van der Waals surface area contributed by atoms with Gasteiger partial charge in [0.05, 0.1) is 11.3 Å². The molecule has 0 aliphatic carbocycles. The number of aromatic nitrogens is 1. The first-order valence-electron chi connectivity index (χ1n) is 10.4. The van der Waals surface area contributed by atoms with Crippen LogP contribution < -0.4 is 20.3 Å². The number of rotatable bonds is 5. The lowest BCUT2D eigenvalue weighted by Gasteiger charge is -2.35. The van der Waals surface area contributed by atoms with Gasteiger partial charge in [-0.3, -0.25) is 14.5 Å². The molecule has 2 amide bonds. The molecule has 1 atom stereocenters. The third kappa shape index (κ3) is 4.38. The van der Waals surface area contributed by atoms with Gasteiger partial charge in [0.15, 0.2) is 6.10 Å². The Morgan fingerprint density at radius 3 is 2.73 bits per heavy atom. The number of pyridine rings is 1. The van der Waals surface area contributed by atoms with Crippen LogP contribution in [0.1, 0.15) is 29.8 Å². The molecule has 8 heteroatoms. The van der Waals surface area contributed by atoms with E-state index in [0.717, 1.165) is 55.5 Å². The van der Waals surface area contributed by atoms with Crippen LogP contribution in [0.2, 0.25) is 0 Å². The maximum atomic E-state index is 11.9. The fourth-order valence-corrected chi connectivity index (χ4v) is 3.72. The molecule has 1 aromatic carbocycles. The number of anilines is 2. The van der Waals surface area contributed by atoms with Gasteiger partial charge in [0.1, 0.15) is 11.6 Å². The number of fused-ring (bicyclic) bond motifs is 1. The van der Waals surface area contributed by atoms with Gasteiger partial charge >= 0.3 is 0 Å². The molecule has 1 fully saturated rings. The molecule has 4 rings (SSSR count). The maximum Gasteiger partial charge on any atom is 0.265 e. The molecule has 1 aromatic heterocycles. The Morgan fingerprint density at radius 2 is 2.03 bits per heavy atom. The summed E-state index contributed by atoms with van der Waals surface area (Å²) in [5.41, 5.74) is 2.47. The average molecular weight is 409 g/mol. The molecule has 8 nitrogen and oxygen atoms in total. The van der Waals surface area contributed by atoms with Gasteiger partial charge in [0.25, 0.3) is 11.8 Å². The summed E-state index contributed by atoms with van der Waals surface area (Å²) < 4.78 is 5.62. The first-order chi connectivity index (χ1) is 14.5. The zero-order valence-corrected chi connectivity index (χ0v) is 17.4. The SMILES string of the molecule is CCNC(=O)c1ccc(N2CCN(Cc3ccc4c(c3)NC(=O)C(C)O4)CC2)nc1. The zero-order valence-electron chi connectivity index (χ0n) is 17.4. The first-order valence-corrected chi connectivity index (χ1v) is 10.4. The number of benzene rings is 1. The average Bonchev–Trinajstić information content (AvgIpc) is 2.76. The molecule has 0 radical (unpaired) electrons. The van der Waals surface area contributed by atoms with E-state index in [4.69, 9.17) is 4.74 Å². The Balaban J connectivity index is 1.32. The number of carbonyl (C=O) groups excluding carboxylic acids is 2. The molecule has 3 heterocycles. The van der Waals surface area contributed by atoms with Crippen LogP contribution >= 0.6 is 0 Å². The highest BCUT2D eigenvalue weighted by atomic mass is 16.5. The quantitative estimate of drug-likeness (QED) is 0.784. The van der Waals surface area contributed by atoms with Gasteiger partial charge in [0.2, 0.25) is 0 Å². The second-order valence-corrected chi connectivity index (χ2v) is 7.61. The summed E-state index contributed by atoms with van der Waals surface area (Å²) in [6.07, 6.45) is 1.18. The van der Waals surface area contributed by atoms with Crippen LogP contribution in [0.25, 0.3) is 0 Å². The summed E-state index contributed by atoms with van der Waals surface area (Å²) in [5.74, 6) is 1.41. The highest BCUT2D eigenvalue weighted by molar-refractivity contribution is 5.97. The molecule has 158 valence electrons. The minimum atomic E-state index is -0.458. The van der Waals surface area contributed by atoms with Crippen LogP contribution in [0.15, 0.2) is 36.5 Å². The third-order valence-corrected chi connectivity index (χ3v) is 5.42. The van der Waals surface area contributed by atoms with E-state index in [2.05, 4.69) is 31.5 Å². The van der Waals surface area contributed by atoms with Crippen molar-refractivity contribution in [3.05, 3.63) is 47.7 Å². The second-order valence-electron chi connectivity index (χ2n) is 7.61. The van der Waals surface area contributed by atoms with E-state index in [9.17, 15) is 9.59 Å². The van der Waals surface area contributed by atoms with E-state index >= 15 is 0 Å². The van der Waals surface area contributed by atoms with Crippen molar-refractivity contribution in [2.45, 2.75) is 26.5 Å². The van der Waals surface area contributed by atoms with Crippen LogP contribution in [-0.2, 0) is 11.3 Å². The number of amides is 2. The predicted molar refractivity (Wildman–Crippen MR) is 115 cm³/mol. The normalized spacial score (nSPS) is 18.9. The fourth-order valence-electron chi connectivity index (χ4n) is 3.72.